The Hall–Kier alpha value is -2.23. The molecule has 17 heavy (non-hydrogen) atoms. The van der Waals surface area contributed by atoms with Gasteiger partial charge in [-0.15, -0.1) is 0 Å². The molecule has 0 bridgehead atoms. The fourth-order valence-corrected chi connectivity index (χ4v) is 1.54. The average Bonchev–Trinajstić information content (AvgIpc) is 2.33. The highest BCUT2D eigenvalue weighted by atomic mass is 19.1. The zero-order chi connectivity index (χ0) is 12.4. The molecule has 2 N–H and O–H groups in total. The van der Waals surface area contributed by atoms with Crippen LogP contribution in [0.25, 0.3) is 11.3 Å². The van der Waals surface area contributed by atoms with Gasteiger partial charge in [0.1, 0.15) is 5.82 Å². The summed E-state index contributed by atoms with van der Waals surface area (Å²) in [4.78, 5) is 14.9. The number of hydrogen-bond acceptors (Lipinski definition) is 2. The summed E-state index contributed by atoms with van der Waals surface area (Å²) >= 11 is 0. The van der Waals surface area contributed by atoms with Crippen molar-refractivity contribution < 1.29 is 9.18 Å². The number of primary amides is 1. The fourth-order valence-electron chi connectivity index (χ4n) is 1.54. The Morgan fingerprint density at radius 2 is 2.06 bits per heavy atom. The highest BCUT2D eigenvalue weighted by Crippen LogP contribution is 2.22. The fraction of sp³-hybridized carbons (Fsp3) is 0.0769. The van der Waals surface area contributed by atoms with Crippen LogP contribution in [0.3, 0.4) is 0 Å². The SMILES string of the molecule is Cc1cccc(-c2ccc(C(N)=O)cn2)c1F. The first-order valence-corrected chi connectivity index (χ1v) is 5.11. The van der Waals surface area contributed by atoms with Crippen molar-refractivity contribution in [2.45, 2.75) is 6.92 Å². The van der Waals surface area contributed by atoms with Crippen molar-refractivity contribution in [1.29, 1.82) is 0 Å². The molecule has 0 aliphatic carbocycles. The van der Waals surface area contributed by atoms with Gasteiger partial charge in [-0.25, -0.2) is 4.39 Å². The molecule has 1 heterocycles. The molecule has 86 valence electrons. The first-order chi connectivity index (χ1) is 8.09. The van der Waals surface area contributed by atoms with Gasteiger partial charge >= 0.3 is 0 Å². The molecule has 0 spiro atoms. The second-order valence-corrected chi connectivity index (χ2v) is 3.73. The van der Waals surface area contributed by atoms with Gasteiger partial charge in [-0.3, -0.25) is 9.78 Å². The lowest BCUT2D eigenvalue weighted by Crippen LogP contribution is -2.11. The minimum atomic E-state index is -0.547. The van der Waals surface area contributed by atoms with Gasteiger partial charge in [-0.05, 0) is 30.7 Å². The molecule has 0 saturated carbocycles. The number of aryl methyl sites for hydroxylation is 1. The van der Waals surface area contributed by atoms with Crippen molar-refractivity contribution in [2.24, 2.45) is 5.73 Å². The van der Waals surface area contributed by atoms with E-state index in [0.717, 1.165) is 0 Å². The molecule has 0 fully saturated rings. The Morgan fingerprint density at radius 3 is 2.65 bits per heavy atom. The van der Waals surface area contributed by atoms with Crippen LogP contribution >= 0.6 is 0 Å². The van der Waals surface area contributed by atoms with Crippen LogP contribution in [-0.2, 0) is 0 Å². The van der Waals surface area contributed by atoms with E-state index < -0.39 is 5.91 Å². The van der Waals surface area contributed by atoms with E-state index >= 15 is 0 Å². The maximum atomic E-state index is 13.8. The van der Waals surface area contributed by atoms with Crippen molar-refractivity contribution in [2.75, 3.05) is 0 Å². The van der Waals surface area contributed by atoms with E-state index in [1.807, 2.05) is 0 Å². The van der Waals surface area contributed by atoms with E-state index in [0.29, 0.717) is 22.4 Å². The Balaban J connectivity index is 2.47. The van der Waals surface area contributed by atoms with Gasteiger partial charge in [0.15, 0.2) is 0 Å². The Kier molecular flexibility index (Phi) is 2.87. The van der Waals surface area contributed by atoms with Gasteiger partial charge in [-0.2, -0.15) is 0 Å². The number of nitrogens with zero attached hydrogens (tertiary/aromatic N) is 1. The summed E-state index contributed by atoms with van der Waals surface area (Å²) in [7, 11) is 0. The maximum absolute atomic E-state index is 13.8. The van der Waals surface area contributed by atoms with E-state index in [4.69, 9.17) is 5.73 Å². The minimum Gasteiger partial charge on any atom is -0.366 e. The third kappa shape index (κ3) is 2.15. The molecule has 3 nitrogen and oxygen atoms in total. The molecule has 1 aromatic heterocycles. The van der Waals surface area contributed by atoms with Crippen molar-refractivity contribution in [3.8, 4) is 11.3 Å². The molecule has 0 aliphatic heterocycles. The topological polar surface area (TPSA) is 56.0 Å². The number of amides is 1. The van der Waals surface area contributed by atoms with Crippen LogP contribution < -0.4 is 5.73 Å². The number of rotatable bonds is 2. The standard InChI is InChI=1S/C13H11FN2O/c1-8-3-2-4-10(12(8)14)11-6-5-9(7-16-11)13(15)17/h2-7H,1H3,(H2,15,17). The summed E-state index contributed by atoms with van der Waals surface area (Å²) in [5, 5.41) is 0. The zero-order valence-corrected chi connectivity index (χ0v) is 9.27. The molecule has 2 aromatic rings. The molecule has 4 heteroatoms. The van der Waals surface area contributed by atoms with Gasteiger partial charge in [0.2, 0.25) is 5.91 Å². The number of pyridine rings is 1. The lowest BCUT2D eigenvalue weighted by Gasteiger charge is -2.05. The zero-order valence-electron chi connectivity index (χ0n) is 9.27. The molecule has 0 atom stereocenters. The van der Waals surface area contributed by atoms with Crippen molar-refractivity contribution >= 4 is 5.91 Å². The van der Waals surface area contributed by atoms with Gasteiger partial charge < -0.3 is 5.73 Å². The van der Waals surface area contributed by atoms with Gasteiger partial charge in [0.05, 0.1) is 11.3 Å². The van der Waals surface area contributed by atoms with Gasteiger partial charge in [0.25, 0.3) is 0 Å². The second kappa shape index (κ2) is 4.33. The number of carbonyl (C=O) groups is 1. The number of nitrogens with two attached hydrogens (primary N) is 1. The Labute approximate surface area is 98.1 Å². The van der Waals surface area contributed by atoms with Crippen LogP contribution in [0.5, 0.6) is 0 Å². The molecule has 0 unspecified atom stereocenters. The first-order valence-electron chi connectivity index (χ1n) is 5.11. The van der Waals surface area contributed by atoms with Crippen molar-refractivity contribution in [3.05, 3.63) is 53.5 Å². The third-order valence-corrected chi connectivity index (χ3v) is 2.52. The lowest BCUT2D eigenvalue weighted by molar-refractivity contribution is 0.1000. The van der Waals surface area contributed by atoms with Gasteiger partial charge in [0, 0.05) is 11.8 Å². The summed E-state index contributed by atoms with van der Waals surface area (Å²) in [6, 6.07) is 8.22. The predicted molar refractivity (Wildman–Crippen MR) is 62.9 cm³/mol. The van der Waals surface area contributed by atoms with E-state index in [1.54, 1.807) is 31.2 Å². The minimum absolute atomic E-state index is 0.299. The van der Waals surface area contributed by atoms with Crippen LogP contribution in [0.4, 0.5) is 4.39 Å². The summed E-state index contributed by atoms with van der Waals surface area (Å²) < 4.78 is 13.8. The number of hydrogen-bond donors (Lipinski definition) is 1. The van der Waals surface area contributed by atoms with E-state index in [-0.39, 0.29) is 5.82 Å². The lowest BCUT2D eigenvalue weighted by atomic mass is 10.1. The van der Waals surface area contributed by atoms with Crippen molar-refractivity contribution in [3.63, 3.8) is 0 Å². The number of halogens is 1. The van der Waals surface area contributed by atoms with E-state index in [2.05, 4.69) is 4.98 Å². The average molecular weight is 230 g/mol. The summed E-state index contributed by atoms with van der Waals surface area (Å²) in [6.07, 6.45) is 1.35. The molecule has 1 amide bonds. The quantitative estimate of drug-likeness (QED) is 0.860. The monoisotopic (exact) mass is 230 g/mol. The van der Waals surface area contributed by atoms with E-state index in [1.165, 1.54) is 12.3 Å². The highest BCUT2D eigenvalue weighted by molar-refractivity contribution is 5.92. The molecule has 0 radical (unpaired) electrons. The summed E-state index contributed by atoms with van der Waals surface area (Å²) in [5.74, 6) is -0.847. The number of carbonyl (C=O) groups excluding carboxylic acids is 1. The molecule has 2 rings (SSSR count). The summed E-state index contributed by atoms with van der Waals surface area (Å²) in [6.45, 7) is 1.69. The molecular formula is C13H11FN2O. The molecule has 0 aliphatic rings. The largest absolute Gasteiger partial charge is 0.366 e. The third-order valence-electron chi connectivity index (χ3n) is 2.52. The first kappa shape index (κ1) is 11.3. The number of aromatic nitrogens is 1. The summed E-state index contributed by atoms with van der Waals surface area (Å²) in [5.41, 5.74) is 6.87. The normalized spacial score (nSPS) is 10.2. The molecular weight excluding hydrogens is 219 g/mol. The van der Waals surface area contributed by atoms with Crippen LogP contribution in [0.1, 0.15) is 15.9 Å². The Morgan fingerprint density at radius 1 is 1.29 bits per heavy atom. The second-order valence-electron chi connectivity index (χ2n) is 3.73. The van der Waals surface area contributed by atoms with Gasteiger partial charge in [-0.1, -0.05) is 12.1 Å². The Bertz CT molecular complexity index is 564. The smallest absolute Gasteiger partial charge is 0.250 e. The predicted octanol–water partition coefficient (Wildman–Crippen LogP) is 2.30. The highest BCUT2D eigenvalue weighted by Gasteiger charge is 2.09. The van der Waals surface area contributed by atoms with Crippen LogP contribution in [0, 0.1) is 12.7 Å². The molecule has 1 aromatic carbocycles. The molecule has 0 saturated heterocycles. The van der Waals surface area contributed by atoms with Crippen molar-refractivity contribution in [1.82, 2.24) is 4.98 Å². The van der Waals surface area contributed by atoms with Crippen LogP contribution in [0.2, 0.25) is 0 Å². The maximum Gasteiger partial charge on any atom is 0.250 e. The van der Waals surface area contributed by atoms with Crippen LogP contribution in [-0.4, -0.2) is 10.9 Å². The van der Waals surface area contributed by atoms with Crippen LogP contribution in [0.15, 0.2) is 36.5 Å². The van der Waals surface area contributed by atoms with E-state index in [9.17, 15) is 9.18 Å². The number of benzene rings is 1.